The molecule has 3 rings (SSSR count). The summed E-state index contributed by atoms with van der Waals surface area (Å²) in [5, 5.41) is 11.8. The Morgan fingerprint density at radius 1 is 1.11 bits per heavy atom. The van der Waals surface area contributed by atoms with Crippen LogP contribution in [0.15, 0.2) is 48.7 Å². The molecule has 1 atom stereocenters. The number of carboxylic acids is 1. The maximum absolute atomic E-state index is 12.6. The quantitative estimate of drug-likeness (QED) is 0.843. The van der Waals surface area contributed by atoms with Gasteiger partial charge in [0.2, 0.25) is 0 Å². The molecule has 0 aliphatic carbocycles. The highest BCUT2D eigenvalue weighted by Crippen LogP contribution is 2.18. The number of carboxylic acid groups (broad SMARTS) is 1. The number of carbonyl (C=O) groups excluding carboxylic acids is 2. The molecule has 0 radical (unpaired) electrons. The molecule has 140 valence electrons. The van der Waals surface area contributed by atoms with Crippen molar-refractivity contribution in [3.8, 4) is 0 Å². The Hall–Kier alpha value is -3.22. The smallest absolute Gasteiger partial charge is 0.354 e. The number of nitrogens with one attached hydrogen (secondary N) is 1. The highest BCUT2D eigenvalue weighted by molar-refractivity contribution is 5.95. The molecule has 0 bridgehead atoms. The number of aromatic carboxylic acids is 1. The summed E-state index contributed by atoms with van der Waals surface area (Å²) in [4.78, 5) is 41.2. The van der Waals surface area contributed by atoms with Gasteiger partial charge in [-0.3, -0.25) is 9.59 Å². The van der Waals surface area contributed by atoms with Gasteiger partial charge < -0.3 is 15.3 Å². The van der Waals surface area contributed by atoms with Gasteiger partial charge in [0.25, 0.3) is 11.8 Å². The molecule has 2 heterocycles. The lowest BCUT2D eigenvalue weighted by molar-refractivity contribution is 0.0661. The standard InChI is InChI=1S/C20H21N3O4/c24-18(15-6-2-1-3-7-15)22-11-14-5-4-10-23(13-14)19(25)16-8-9-17(20(26)27)21-12-16/h1-3,6-9,12,14H,4-5,10-11,13H2,(H,22,24)(H,26,27). The van der Waals surface area contributed by atoms with Crippen molar-refractivity contribution >= 4 is 17.8 Å². The molecular formula is C20H21N3O4. The Kier molecular flexibility index (Phi) is 5.80. The highest BCUT2D eigenvalue weighted by atomic mass is 16.4. The summed E-state index contributed by atoms with van der Waals surface area (Å²) in [5.74, 6) is -1.23. The van der Waals surface area contributed by atoms with Crippen LogP contribution in [0.3, 0.4) is 0 Å². The minimum Gasteiger partial charge on any atom is -0.477 e. The monoisotopic (exact) mass is 367 g/mol. The van der Waals surface area contributed by atoms with E-state index in [0.717, 1.165) is 12.8 Å². The van der Waals surface area contributed by atoms with Gasteiger partial charge >= 0.3 is 5.97 Å². The maximum atomic E-state index is 12.6. The third-order valence-corrected chi connectivity index (χ3v) is 4.62. The van der Waals surface area contributed by atoms with E-state index in [1.165, 1.54) is 18.3 Å². The van der Waals surface area contributed by atoms with E-state index >= 15 is 0 Å². The molecule has 0 spiro atoms. The number of pyridine rings is 1. The van der Waals surface area contributed by atoms with Gasteiger partial charge in [0.05, 0.1) is 5.56 Å². The Bertz CT molecular complexity index is 821. The molecule has 1 aliphatic heterocycles. The van der Waals surface area contributed by atoms with Crippen LogP contribution in [0.2, 0.25) is 0 Å². The van der Waals surface area contributed by atoms with Gasteiger partial charge in [-0.2, -0.15) is 0 Å². The van der Waals surface area contributed by atoms with Gasteiger partial charge in [0, 0.05) is 31.4 Å². The Morgan fingerprint density at radius 3 is 2.56 bits per heavy atom. The Morgan fingerprint density at radius 2 is 1.89 bits per heavy atom. The zero-order valence-corrected chi connectivity index (χ0v) is 14.8. The van der Waals surface area contributed by atoms with Crippen molar-refractivity contribution in [1.82, 2.24) is 15.2 Å². The van der Waals surface area contributed by atoms with E-state index < -0.39 is 5.97 Å². The predicted octanol–water partition coefficient (Wildman–Crippen LogP) is 2.06. The van der Waals surface area contributed by atoms with Crippen molar-refractivity contribution in [3.05, 3.63) is 65.5 Å². The van der Waals surface area contributed by atoms with Crippen LogP contribution in [0, 0.1) is 5.92 Å². The number of hydrogen-bond donors (Lipinski definition) is 2. The first-order valence-corrected chi connectivity index (χ1v) is 8.86. The lowest BCUT2D eigenvalue weighted by Gasteiger charge is -2.33. The molecule has 1 fully saturated rings. The second-order valence-corrected chi connectivity index (χ2v) is 6.57. The maximum Gasteiger partial charge on any atom is 0.354 e. The number of aromatic nitrogens is 1. The van der Waals surface area contributed by atoms with Crippen molar-refractivity contribution in [2.45, 2.75) is 12.8 Å². The largest absolute Gasteiger partial charge is 0.477 e. The molecule has 1 saturated heterocycles. The molecule has 0 saturated carbocycles. The molecule has 1 unspecified atom stereocenters. The number of hydrogen-bond acceptors (Lipinski definition) is 4. The van der Waals surface area contributed by atoms with Crippen LogP contribution in [-0.2, 0) is 0 Å². The first kappa shape index (κ1) is 18.6. The van der Waals surface area contributed by atoms with Crippen LogP contribution in [0.1, 0.15) is 44.0 Å². The van der Waals surface area contributed by atoms with Crippen LogP contribution < -0.4 is 5.32 Å². The minimum atomic E-state index is -1.12. The molecule has 27 heavy (non-hydrogen) atoms. The van der Waals surface area contributed by atoms with Gasteiger partial charge in [-0.1, -0.05) is 18.2 Å². The normalized spacial score (nSPS) is 16.6. The lowest BCUT2D eigenvalue weighted by atomic mass is 9.97. The fourth-order valence-corrected chi connectivity index (χ4v) is 3.17. The fraction of sp³-hybridized carbons (Fsp3) is 0.300. The summed E-state index contributed by atoms with van der Waals surface area (Å²) < 4.78 is 0. The van der Waals surface area contributed by atoms with Crippen LogP contribution >= 0.6 is 0 Å². The molecule has 1 aromatic carbocycles. The van der Waals surface area contributed by atoms with Gasteiger partial charge in [-0.15, -0.1) is 0 Å². The van der Waals surface area contributed by atoms with Crippen molar-refractivity contribution in [3.63, 3.8) is 0 Å². The predicted molar refractivity (Wildman–Crippen MR) is 98.6 cm³/mol. The van der Waals surface area contributed by atoms with Crippen LogP contribution in [-0.4, -0.2) is 52.4 Å². The zero-order chi connectivity index (χ0) is 19.2. The molecule has 1 aliphatic rings. The van der Waals surface area contributed by atoms with Crippen molar-refractivity contribution in [2.75, 3.05) is 19.6 Å². The highest BCUT2D eigenvalue weighted by Gasteiger charge is 2.25. The molecule has 2 aromatic rings. The summed E-state index contributed by atoms with van der Waals surface area (Å²) >= 11 is 0. The van der Waals surface area contributed by atoms with Crippen molar-refractivity contribution in [1.29, 1.82) is 0 Å². The molecule has 1 aromatic heterocycles. The van der Waals surface area contributed by atoms with E-state index in [9.17, 15) is 14.4 Å². The number of rotatable bonds is 5. The summed E-state index contributed by atoms with van der Waals surface area (Å²) in [6, 6.07) is 11.8. The molecule has 2 amide bonds. The summed E-state index contributed by atoms with van der Waals surface area (Å²) in [6.07, 6.45) is 3.10. The first-order chi connectivity index (χ1) is 13.0. The van der Waals surface area contributed by atoms with Crippen molar-refractivity contribution < 1.29 is 19.5 Å². The summed E-state index contributed by atoms with van der Waals surface area (Å²) in [7, 11) is 0. The minimum absolute atomic E-state index is 0.0910. The molecule has 7 nitrogen and oxygen atoms in total. The summed E-state index contributed by atoms with van der Waals surface area (Å²) in [5.41, 5.74) is 0.895. The number of nitrogens with zero attached hydrogens (tertiary/aromatic N) is 2. The van der Waals surface area contributed by atoms with E-state index in [-0.39, 0.29) is 23.4 Å². The molecule has 2 N–H and O–H groups in total. The average molecular weight is 367 g/mol. The lowest BCUT2D eigenvalue weighted by Crippen LogP contribution is -2.43. The van der Waals surface area contributed by atoms with Gasteiger partial charge in [0.15, 0.2) is 0 Å². The van der Waals surface area contributed by atoms with Crippen LogP contribution in [0.5, 0.6) is 0 Å². The van der Waals surface area contributed by atoms with Gasteiger partial charge in [-0.05, 0) is 43.0 Å². The Balaban J connectivity index is 1.56. The molecular weight excluding hydrogens is 346 g/mol. The second kappa shape index (κ2) is 8.44. The zero-order valence-electron chi connectivity index (χ0n) is 14.8. The average Bonchev–Trinajstić information content (AvgIpc) is 2.72. The second-order valence-electron chi connectivity index (χ2n) is 6.57. The molecule has 7 heteroatoms. The number of benzene rings is 1. The van der Waals surface area contributed by atoms with E-state index in [0.29, 0.717) is 30.8 Å². The van der Waals surface area contributed by atoms with Crippen LogP contribution in [0.4, 0.5) is 0 Å². The first-order valence-electron chi connectivity index (χ1n) is 8.86. The number of carbonyl (C=O) groups is 3. The third-order valence-electron chi connectivity index (χ3n) is 4.62. The van der Waals surface area contributed by atoms with E-state index in [2.05, 4.69) is 10.3 Å². The van der Waals surface area contributed by atoms with E-state index in [1.807, 2.05) is 18.2 Å². The number of amides is 2. The third kappa shape index (κ3) is 4.69. The van der Waals surface area contributed by atoms with Crippen LogP contribution in [0.25, 0.3) is 0 Å². The van der Waals surface area contributed by atoms with Crippen molar-refractivity contribution in [2.24, 2.45) is 5.92 Å². The Labute approximate surface area is 157 Å². The topological polar surface area (TPSA) is 99.6 Å². The summed E-state index contributed by atoms with van der Waals surface area (Å²) in [6.45, 7) is 1.70. The fourth-order valence-electron chi connectivity index (χ4n) is 3.17. The SMILES string of the molecule is O=C(NCC1CCCN(C(=O)c2ccc(C(=O)O)nc2)C1)c1ccccc1. The van der Waals surface area contributed by atoms with Gasteiger partial charge in [0.1, 0.15) is 5.69 Å². The number of likely N-dealkylation sites (tertiary alicyclic amines) is 1. The van der Waals surface area contributed by atoms with Gasteiger partial charge in [-0.25, -0.2) is 9.78 Å². The van der Waals surface area contributed by atoms with E-state index in [1.54, 1.807) is 17.0 Å². The van der Waals surface area contributed by atoms with E-state index in [4.69, 9.17) is 5.11 Å². The number of piperidine rings is 1.